The second-order valence-electron chi connectivity index (χ2n) is 4.74. The molecule has 1 aliphatic heterocycles. The summed E-state index contributed by atoms with van der Waals surface area (Å²) in [6.07, 6.45) is 2.29. The van der Waals surface area contributed by atoms with Gasteiger partial charge < -0.3 is 5.73 Å². The minimum atomic E-state index is 0.220. The van der Waals surface area contributed by atoms with Crippen LogP contribution in [0.3, 0.4) is 0 Å². The molecule has 2 nitrogen and oxygen atoms in total. The van der Waals surface area contributed by atoms with Gasteiger partial charge in [0, 0.05) is 17.1 Å². The molecule has 16 heavy (non-hydrogen) atoms. The predicted molar refractivity (Wildman–Crippen MR) is 68.8 cm³/mol. The van der Waals surface area contributed by atoms with Gasteiger partial charge in [-0.25, -0.2) is 0 Å². The molecule has 2 unspecified atom stereocenters. The third-order valence-corrected chi connectivity index (χ3v) is 3.87. The fourth-order valence-corrected chi connectivity index (χ4v) is 2.68. The molecule has 3 heteroatoms. The van der Waals surface area contributed by atoms with Gasteiger partial charge in [-0.15, -0.1) is 0 Å². The van der Waals surface area contributed by atoms with Crippen LogP contribution in [0.15, 0.2) is 18.2 Å². The maximum absolute atomic E-state index is 6.20. The second kappa shape index (κ2) is 4.74. The van der Waals surface area contributed by atoms with Gasteiger partial charge in [0.2, 0.25) is 0 Å². The summed E-state index contributed by atoms with van der Waals surface area (Å²) >= 11 is 6.17. The summed E-state index contributed by atoms with van der Waals surface area (Å²) in [6, 6.07) is 6.81. The van der Waals surface area contributed by atoms with Crippen LogP contribution in [-0.2, 0) is 0 Å². The van der Waals surface area contributed by atoms with Crippen LogP contribution in [0.5, 0.6) is 0 Å². The zero-order valence-corrected chi connectivity index (χ0v) is 10.7. The summed E-state index contributed by atoms with van der Waals surface area (Å²) in [4.78, 5) is 2.33. The fourth-order valence-electron chi connectivity index (χ4n) is 2.49. The molecule has 0 amide bonds. The number of aryl methyl sites for hydroxylation is 1. The van der Waals surface area contributed by atoms with E-state index in [9.17, 15) is 0 Å². The number of nitrogens with zero attached hydrogens (tertiary/aromatic N) is 1. The van der Waals surface area contributed by atoms with Crippen LogP contribution >= 0.6 is 11.6 Å². The maximum atomic E-state index is 6.20. The van der Waals surface area contributed by atoms with Crippen LogP contribution in [-0.4, -0.2) is 24.5 Å². The lowest BCUT2D eigenvalue weighted by atomic mass is 9.91. The lowest BCUT2D eigenvalue weighted by molar-refractivity contribution is 0.163. The molecule has 0 radical (unpaired) electrons. The topological polar surface area (TPSA) is 29.3 Å². The summed E-state index contributed by atoms with van der Waals surface area (Å²) in [5, 5.41) is 0.837. The number of likely N-dealkylation sites (N-methyl/N-ethyl adjacent to an activating group) is 1. The highest BCUT2D eigenvalue weighted by Gasteiger charge is 2.27. The first-order valence-corrected chi connectivity index (χ1v) is 6.19. The Morgan fingerprint density at radius 1 is 1.44 bits per heavy atom. The van der Waals surface area contributed by atoms with Gasteiger partial charge in [-0.05, 0) is 50.6 Å². The van der Waals surface area contributed by atoms with Crippen LogP contribution in [0.2, 0.25) is 5.02 Å². The van der Waals surface area contributed by atoms with E-state index >= 15 is 0 Å². The molecule has 2 atom stereocenters. The lowest BCUT2D eigenvalue weighted by Crippen LogP contribution is -2.43. The highest BCUT2D eigenvalue weighted by Crippen LogP contribution is 2.31. The number of nitrogens with two attached hydrogens (primary N) is 1. The summed E-state index contributed by atoms with van der Waals surface area (Å²) < 4.78 is 0. The van der Waals surface area contributed by atoms with Crippen molar-refractivity contribution in [2.75, 3.05) is 13.6 Å². The first-order chi connectivity index (χ1) is 7.59. The number of rotatable bonds is 1. The van der Waals surface area contributed by atoms with Crippen molar-refractivity contribution in [2.24, 2.45) is 5.73 Å². The lowest BCUT2D eigenvalue weighted by Gasteiger charge is -2.37. The molecule has 0 bridgehead atoms. The van der Waals surface area contributed by atoms with Crippen molar-refractivity contribution in [3.8, 4) is 0 Å². The van der Waals surface area contributed by atoms with E-state index in [1.165, 1.54) is 12.0 Å². The number of piperidine rings is 1. The standard InChI is InChI=1S/C13H19ClN2/c1-9-5-6-10(8-11(9)14)13-12(15)4-3-7-16(13)2/h5-6,8,12-13H,3-4,7,15H2,1-2H3. The fraction of sp³-hybridized carbons (Fsp3) is 0.538. The van der Waals surface area contributed by atoms with Gasteiger partial charge in [-0.1, -0.05) is 23.7 Å². The summed E-state index contributed by atoms with van der Waals surface area (Å²) in [5.41, 5.74) is 8.57. The van der Waals surface area contributed by atoms with Gasteiger partial charge in [0.1, 0.15) is 0 Å². The summed E-state index contributed by atoms with van der Waals surface area (Å²) in [6.45, 7) is 3.14. The monoisotopic (exact) mass is 238 g/mol. The van der Waals surface area contributed by atoms with Crippen LogP contribution < -0.4 is 5.73 Å². The number of hydrogen-bond donors (Lipinski definition) is 1. The smallest absolute Gasteiger partial charge is 0.0496 e. The Morgan fingerprint density at radius 3 is 2.81 bits per heavy atom. The molecular formula is C13H19ClN2. The minimum absolute atomic E-state index is 0.220. The molecule has 1 heterocycles. The average Bonchev–Trinajstić information content (AvgIpc) is 2.23. The Hall–Kier alpha value is -0.570. The van der Waals surface area contributed by atoms with Crippen molar-refractivity contribution in [2.45, 2.75) is 31.8 Å². The van der Waals surface area contributed by atoms with Gasteiger partial charge in [0.25, 0.3) is 0 Å². The normalized spacial score (nSPS) is 27.0. The van der Waals surface area contributed by atoms with E-state index in [-0.39, 0.29) is 6.04 Å². The zero-order valence-electron chi connectivity index (χ0n) is 9.91. The number of benzene rings is 1. The number of likely N-dealkylation sites (tertiary alicyclic amines) is 1. The Kier molecular flexibility index (Phi) is 3.53. The first kappa shape index (κ1) is 11.9. The minimum Gasteiger partial charge on any atom is -0.326 e. The van der Waals surface area contributed by atoms with Crippen LogP contribution in [0.4, 0.5) is 0 Å². The molecule has 0 spiro atoms. The molecule has 88 valence electrons. The molecular weight excluding hydrogens is 220 g/mol. The van der Waals surface area contributed by atoms with E-state index in [1.54, 1.807) is 0 Å². The molecule has 0 aromatic heterocycles. The third-order valence-electron chi connectivity index (χ3n) is 3.47. The molecule has 1 saturated heterocycles. The van der Waals surface area contributed by atoms with Gasteiger partial charge >= 0.3 is 0 Å². The van der Waals surface area contributed by atoms with Gasteiger partial charge in [-0.2, -0.15) is 0 Å². The quantitative estimate of drug-likeness (QED) is 0.815. The van der Waals surface area contributed by atoms with Crippen molar-refractivity contribution in [3.63, 3.8) is 0 Å². The van der Waals surface area contributed by atoms with E-state index in [2.05, 4.69) is 30.1 Å². The van der Waals surface area contributed by atoms with E-state index < -0.39 is 0 Å². The molecule has 2 N–H and O–H groups in total. The van der Waals surface area contributed by atoms with Crippen LogP contribution in [0.1, 0.15) is 30.0 Å². The molecule has 1 aromatic rings. The average molecular weight is 239 g/mol. The third kappa shape index (κ3) is 2.24. The first-order valence-electron chi connectivity index (χ1n) is 5.81. The maximum Gasteiger partial charge on any atom is 0.0496 e. The molecule has 1 aliphatic rings. The van der Waals surface area contributed by atoms with E-state index in [4.69, 9.17) is 17.3 Å². The summed E-state index contributed by atoms with van der Waals surface area (Å²) in [5.74, 6) is 0. The molecule has 2 rings (SSSR count). The molecule has 1 fully saturated rings. The SMILES string of the molecule is Cc1ccc(C2C(N)CCCN2C)cc1Cl. The van der Waals surface area contributed by atoms with Gasteiger partial charge in [-0.3, -0.25) is 4.90 Å². The van der Waals surface area contributed by atoms with Crippen LogP contribution in [0.25, 0.3) is 0 Å². The number of halogens is 1. The van der Waals surface area contributed by atoms with Gasteiger partial charge in [0.15, 0.2) is 0 Å². The largest absolute Gasteiger partial charge is 0.326 e. The Balaban J connectivity index is 2.30. The Labute approximate surface area is 102 Å². The van der Waals surface area contributed by atoms with Crippen molar-refractivity contribution in [1.82, 2.24) is 4.90 Å². The summed E-state index contributed by atoms with van der Waals surface area (Å²) in [7, 11) is 2.14. The van der Waals surface area contributed by atoms with E-state index in [0.717, 1.165) is 23.6 Å². The zero-order chi connectivity index (χ0) is 11.7. The van der Waals surface area contributed by atoms with Crippen molar-refractivity contribution in [1.29, 1.82) is 0 Å². The van der Waals surface area contributed by atoms with E-state index in [1.807, 2.05) is 6.92 Å². The van der Waals surface area contributed by atoms with E-state index in [0.29, 0.717) is 6.04 Å². The van der Waals surface area contributed by atoms with Crippen LogP contribution in [0, 0.1) is 6.92 Å². The predicted octanol–water partition coefficient (Wildman–Crippen LogP) is 2.74. The second-order valence-corrected chi connectivity index (χ2v) is 5.15. The van der Waals surface area contributed by atoms with Crippen molar-refractivity contribution in [3.05, 3.63) is 34.3 Å². The van der Waals surface area contributed by atoms with Gasteiger partial charge in [0.05, 0.1) is 0 Å². The van der Waals surface area contributed by atoms with Crippen molar-refractivity contribution < 1.29 is 0 Å². The molecule has 1 aromatic carbocycles. The highest BCUT2D eigenvalue weighted by atomic mass is 35.5. The van der Waals surface area contributed by atoms with Crippen molar-refractivity contribution >= 4 is 11.6 Å². The Bertz CT molecular complexity index is 368. The highest BCUT2D eigenvalue weighted by molar-refractivity contribution is 6.31. The molecule has 0 aliphatic carbocycles. The number of hydrogen-bond acceptors (Lipinski definition) is 2. The Morgan fingerprint density at radius 2 is 2.19 bits per heavy atom. The molecule has 0 saturated carbocycles.